The number of H-pyrrole nitrogens is 1. The molecular weight excluding hydrogens is 272 g/mol. The fourth-order valence-corrected chi connectivity index (χ4v) is 2.09. The van der Waals surface area contributed by atoms with E-state index in [0.717, 1.165) is 10.9 Å². The molecule has 0 fully saturated rings. The second kappa shape index (κ2) is 6.36. The molecule has 0 saturated heterocycles. The quantitative estimate of drug-likeness (QED) is 0.470. The first-order chi connectivity index (χ1) is 10.0. The highest BCUT2D eigenvalue weighted by molar-refractivity contribution is 5.90. The Morgan fingerprint density at radius 3 is 2.90 bits per heavy atom. The zero-order valence-corrected chi connectivity index (χ0v) is 12.0. The number of ether oxygens (including phenoxy) is 1. The van der Waals surface area contributed by atoms with Gasteiger partial charge in [-0.2, -0.15) is 5.10 Å². The molecule has 3 N–H and O–H groups in total. The maximum Gasteiger partial charge on any atom is 0.308 e. The van der Waals surface area contributed by atoms with Crippen LogP contribution < -0.4 is 10.9 Å². The first-order valence-corrected chi connectivity index (χ1v) is 6.66. The number of Topliss-reactive ketones (excluding diaryl/α,β-unsaturated/α-hetero) is 1. The van der Waals surface area contributed by atoms with Gasteiger partial charge in [0.05, 0.1) is 30.4 Å². The molecule has 2 rings (SSSR count). The summed E-state index contributed by atoms with van der Waals surface area (Å²) in [5.74, 6) is 5.38. The van der Waals surface area contributed by atoms with E-state index < -0.39 is 12.0 Å². The molecule has 1 heterocycles. The molecule has 1 unspecified atom stereocenters. The number of benzene rings is 1. The minimum Gasteiger partial charge on any atom is -0.466 e. The van der Waals surface area contributed by atoms with Gasteiger partial charge in [-0.15, -0.1) is 0 Å². The van der Waals surface area contributed by atoms with Crippen LogP contribution >= 0.6 is 0 Å². The number of hydrogen-bond acceptors (Lipinski definition) is 6. The second-order valence-corrected chi connectivity index (χ2v) is 4.68. The zero-order valence-electron chi connectivity index (χ0n) is 12.0. The molecule has 1 atom stereocenters. The third kappa shape index (κ3) is 3.38. The number of anilines is 1. The molecule has 0 aliphatic heterocycles. The van der Waals surface area contributed by atoms with Crippen LogP contribution in [-0.2, 0) is 14.3 Å². The fourth-order valence-electron chi connectivity index (χ4n) is 2.09. The van der Waals surface area contributed by atoms with Crippen molar-refractivity contribution >= 4 is 28.3 Å². The Kier molecular flexibility index (Phi) is 4.54. The third-order valence-electron chi connectivity index (χ3n) is 3.19. The Hall–Kier alpha value is -2.41. The Morgan fingerprint density at radius 1 is 1.48 bits per heavy atom. The number of aromatic amines is 1. The Bertz CT molecular complexity index is 652. The zero-order chi connectivity index (χ0) is 15.4. The standard InChI is InChI=1S/C14H18N4O3/c1-3-21-14(20)7-13(9(2)19)18(15)11-4-5-12-10(6-11)8-16-17-12/h4-6,8,13H,3,7,15H2,1-2H3,(H,16,17). The van der Waals surface area contributed by atoms with Crippen molar-refractivity contribution in [1.82, 2.24) is 10.2 Å². The number of hydrogen-bond donors (Lipinski definition) is 2. The van der Waals surface area contributed by atoms with Gasteiger partial charge in [0, 0.05) is 5.39 Å². The number of rotatable bonds is 6. The first-order valence-electron chi connectivity index (χ1n) is 6.66. The van der Waals surface area contributed by atoms with Crippen LogP contribution in [0.3, 0.4) is 0 Å². The number of carbonyl (C=O) groups is 2. The molecule has 0 aliphatic rings. The molecule has 7 heteroatoms. The molecule has 7 nitrogen and oxygen atoms in total. The molecule has 1 aromatic carbocycles. The number of carbonyl (C=O) groups excluding carboxylic acids is 2. The van der Waals surface area contributed by atoms with Gasteiger partial charge in [-0.25, -0.2) is 5.84 Å². The van der Waals surface area contributed by atoms with Crippen LogP contribution in [0.15, 0.2) is 24.4 Å². The van der Waals surface area contributed by atoms with Crippen LogP contribution in [0.25, 0.3) is 10.9 Å². The van der Waals surface area contributed by atoms with Gasteiger partial charge in [0.1, 0.15) is 6.04 Å². The summed E-state index contributed by atoms with van der Waals surface area (Å²) in [5, 5.41) is 8.94. The van der Waals surface area contributed by atoms with Crippen molar-refractivity contribution in [1.29, 1.82) is 0 Å². The van der Waals surface area contributed by atoms with E-state index in [0.29, 0.717) is 5.69 Å². The topological polar surface area (TPSA) is 101 Å². The summed E-state index contributed by atoms with van der Waals surface area (Å²) in [7, 11) is 0. The number of nitrogens with two attached hydrogens (primary N) is 1. The van der Waals surface area contributed by atoms with Gasteiger partial charge >= 0.3 is 5.97 Å². The largest absolute Gasteiger partial charge is 0.466 e. The van der Waals surface area contributed by atoms with Crippen LogP contribution in [0.4, 0.5) is 5.69 Å². The first kappa shape index (κ1) is 15.0. The van der Waals surface area contributed by atoms with Crippen molar-refractivity contribution in [3.8, 4) is 0 Å². The summed E-state index contributed by atoms with van der Waals surface area (Å²) in [5.41, 5.74) is 1.50. The maximum atomic E-state index is 11.8. The van der Waals surface area contributed by atoms with Crippen LogP contribution in [0.5, 0.6) is 0 Å². The predicted molar refractivity (Wildman–Crippen MR) is 78.5 cm³/mol. The lowest BCUT2D eigenvalue weighted by molar-refractivity contribution is -0.144. The van der Waals surface area contributed by atoms with Gasteiger partial charge in [0.25, 0.3) is 0 Å². The Morgan fingerprint density at radius 2 is 2.24 bits per heavy atom. The molecule has 0 saturated carbocycles. The summed E-state index contributed by atoms with van der Waals surface area (Å²) in [6.07, 6.45) is 1.59. The number of ketones is 1. The van der Waals surface area contributed by atoms with Gasteiger partial charge in [-0.1, -0.05) is 0 Å². The molecule has 0 spiro atoms. The van der Waals surface area contributed by atoms with E-state index in [4.69, 9.17) is 10.6 Å². The summed E-state index contributed by atoms with van der Waals surface area (Å²) in [4.78, 5) is 23.4. The minimum absolute atomic E-state index is 0.0803. The highest BCUT2D eigenvalue weighted by Crippen LogP contribution is 2.21. The molecular formula is C14H18N4O3. The fraction of sp³-hybridized carbons (Fsp3) is 0.357. The molecule has 112 valence electrons. The lowest BCUT2D eigenvalue weighted by Gasteiger charge is -2.26. The molecule has 2 aromatic rings. The monoisotopic (exact) mass is 290 g/mol. The minimum atomic E-state index is -0.756. The number of nitrogens with zero attached hydrogens (tertiary/aromatic N) is 2. The summed E-state index contributed by atoms with van der Waals surface area (Å²) < 4.78 is 4.88. The number of hydrazine groups is 1. The second-order valence-electron chi connectivity index (χ2n) is 4.68. The third-order valence-corrected chi connectivity index (χ3v) is 3.19. The van der Waals surface area contributed by atoms with Crippen molar-refractivity contribution in [2.45, 2.75) is 26.3 Å². The average Bonchev–Trinajstić information content (AvgIpc) is 2.91. The average molecular weight is 290 g/mol. The number of esters is 1. The molecule has 0 amide bonds. The van der Waals surface area contributed by atoms with E-state index >= 15 is 0 Å². The highest BCUT2D eigenvalue weighted by atomic mass is 16.5. The molecule has 0 aliphatic carbocycles. The van der Waals surface area contributed by atoms with E-state index in [9.17, 15) is 9.59 Å². The van der Waals surface area contributed by atoms with Gasteiger partial charge in [-0.3, -0.25) is 19.7 Å². The summed E-state index contributed by atoms with van der Waals surface area (Å²) in [6.45, 7) is 3.39. The van der Waals surface area contributed by atoms with Crippen LogP contribution in [-0.4, -0.2) is 34.6 Å². The maximum absolute atomic E-state index is 11.8. The predicted octanol–water partition coefficient (Wildman–Crippen LogP) is 1.15. The molecule has 21 heavy (non-hydrogen) atoms. The number of aromatic nitrogens is 2. The van der Waals surface area contributed by atoms with Crippen LogP contribution in [0, 0.1) is 0 Å². The van der Waals surface area contributed by atoms with Crippen molar-refractivity contribution in [3.63, 3.8) is 0 Å². The van der Waals surface area contributed by atoms with Crippen LogP contribution in [0.1, 0.15) is 20.3 Å². The van der Waals surface area contributed by atoms with E-state index in [1.807, 2.05) is 6.07 Å². The van der Waals surface area contributed by atoms with E-state index in [1.54, 1.807) is 25.3 Å². The van der Waals surface area contributed by atoms with E-state index in [1.165, 1.54) is 11.9 Å². The van der Waals surface area contributed by atoms with Gasteiger partial charge in [0.2, 0.25) is 0 Å². The Labute approximate surface area is 122 Å². The summed E-state index contributed by atoms with van der Waals surface area (Å²) in [6, 6.07) is 4.63. The highest BCUT2D eigenvalue weighted by Gasteiger charge is 2.25. The van der Waals surface area contributed by atoms with Gasteiger partial charge in [-0.05, 0) is 32.0 Å². The normalized spacial score (nSPS) is 12.1. The molecule has 0 radical (unpaired) electrons. The van der Waals surface area contributed by atoms with Crippen molar-refractivity contribution in [3.05, 3.63) is 24.4 Å². The van der Waals surface area contributed by atoms with Crippen LogP contribution in [0.2, 0.25) is 0 Å². The lowest BCUT2D eigenvalue weighted by Crippen LogP contribution is -2.46. The van der Waals surface area contributed by atoms with E-state index in [-0.39, 0.29) is 18.8 Å². The smallest absolute Gasteiger partial charge is 0.308 e. The molecule has 1 aromatic heterocycles. The molecule has 0 bridgehead atoms. The number of nitrogens with one attached hydrogen (secondary N) is 1. The van der Waals surface area contributed by atoms with Gasteiger partial charge in [0.15, 0.2) is 5.78 Å². The number of fused-ring (bicyclic) bond motifs is 1. The Balaban J connectivity index is 2.22. The SMILES string of the molecule is CCOC(=O)CC(C(C)=O)N(N)c1ccc2[nH]ncc2c1. The van der Waals surface area contributed by atoms with Gasteiger partial charge < -0.3 is 4.74 Å². The lowest BCUT2D eigenvalue weighted by atomic mass is 10.1. The van der Waals surface area contributed by atoms with Crippen molar-refractivity contribution in [2.24, 2.45) is 5.84 Å². The van der Waals surface area contributed by atoms with Crippen molar-refractivity contribution < 1.29 is 14.3 Å². The summed E-state index contributed by atoms with van der Waals surface area (Å²) >= 11 is 0. The van der Waals surface area contributed by atoms with E-state index in [2.05, 4.69) is 10.2 Å². The van der Waals surface area contributed by atoms with Crippen molar-refractivity contribution in [2.75, 3.05) is 11.6 Å².